The third kappa shape index (κ3) is 6.56. The second-order valence-electron chi connectivity index (χ2n) is 5.05. The molecule has 23 heavy (non-hydrogen) atoms. The number of ether oxygens (including phenoxy) is 3. The number of benzene rings is 1. The summed E-state index contributed by atoms with van der Waals surface area (Å²) in [6.45, 7) is 4.80. The van der Waals surface area contributed by atoms with E-state index in [-0.39, 0.29) is 6.10 Å². The molecule has 0 radical (unpaired) electrons. The molecule has 7 heteroatoms. The Morgan fingerprint density at radius 3 is 2.39 bits per heavy atom. The Kier molecular flexibility index (Phi) is 7.90. The first-order chi connectivity index (χ1) is 11.0. The minimum atomic E-state index is -0.734. The maximum atomic E-state index is 11.8. The third-order valence-electron chi connectivity index (χ3n) is 2.91. The van der Waals surface area contributed by atoms with Crippen molar-refractivity contribution >= 4 is 17.5 Å². The van der Waals surface area contributed by atoms with Gasteiger partial charge >= 0.3 is 11.8 Å². The van der Waals surface area contributed by atoms with E-state index < -0.39 is 11.8 Å². The molecule has 7 nitrogen and oxygen atoms in total. The van der Waals surface area contributed by atoms with E-state index in [0.717, 1.165) is 0 Å². The molecule has 0 saturated carbocycles. The van der Waals surface area contributed by atoms with Crippen molar-refractivity contribution < 1.29 is 23.8 Å². The summed E-state index contributed by atoms with van der Waals surface area (Å²) in [6.07, 6.45) is 0.798. The average molecular weight is 324 g/mol. The summed E-state index contributed by atoms with van der Waals surface area (Å²) >= 11 is 0. The lowest BCUT2D eigenvalue weighted by Crippen LogP contribution is -2.36. The normalized spacial score (nSPS) is 10.3. The van der Waals surface area contributed by atoms with E-state index in [1.807, 2.05) is 13.8 Å². The molecule has 0 atom stereocenters. The molecule has 0 saturated heterocycles. The quantitative estimate of drug-likeness (QED) is 0.560. The fraction of sp³-hybridized carbons (Fsp3) is 0.500. The number of amides is 2. The van der Waals surface area contributed by atoms with Gasteiger partial charge in [0.2, 0.25) is 0 Å². The highest BCUT2D eigenvalue weighted by molar-refractivity contribution is 6.39. The van der Waals surface area contributed by atoms with Crippen LogP contribution < -0.4 is 20.1 Å². The SMILES string of the molecule is COc1ccc(NC(=O)C(=O)NCCCOC(C)C)cc1OC. The van der Waals surface area contributed by atoms with Crippen LogP contribution in [0.5, 0.6) is 11.5 Å². The van der Waals surface area contributed by atoms with Crippen LogP contribution in [-0.4, -0.2) is 45.3 Å². The van der Waals surface area contributed by atoms with Crippen LogP contribution in [0.15, 0.2) is 18.2 Å². The Morgan fingerprint density at radius 1 is 1.09 bits per heavy atom. The minimum absolute atomic E-state index is 0.152. The van der Waals surface area contributed by atoms with Gasteiger partial charge in [-0.3, -0.25) is 9.59 Å². The molecule has 0 unspecified atom stereocenters. The van der Waals surface area contributed by atoms with Gasteiger partial charge in [-0.1, -0.05) is 0 Å². The van der Waals surface area contributed by atoms with Crippen LogP contribution in [0.3, 0.4) is 0 Å². The van der Waals surface area contributed by atoms with Crippen molar-refractivity contribution in [1.29, 1.82) is 0 Å². The molecule has 0 fully saturated rings. The second-order valence-corrected chi connectivity index (χ2v) is 5.05. The Bertz CT molecular complexity index is 531. The topological polar surface area (TPSA) is 85.9 Å². The van der Waals surface area contributed by atoms with Crippen molar-refractivity contribution in [2.75, 3.05) is 32.7 Å². The van der Waals surface area contributed by atoms with Gasteiger partial charge in [-0.15, -0.1) is 0 Å². The molecule has 1 aromatic rings. The third-order valence-corrected chi connectivity index (χ3v) is 2.91. The van der Waals surface area contributed by atoms with Crippen LogP contribution in [0.25, 0.3) is 0 Å². The molecule has 1 aromatic carbocycles. The zero-order valence-electron chi connectivity index (χ0n) is 14.0. The Balaban J connectivity index is 2.44. The van der Waals surface area contributed by atoms with E-state index in [1.165, 1.54) is 14.2 Å². The monoisotopic (exact) mass is 324 g/mol. The maximum Gasteiger partial charge on any atom is 0.313 e. The summed E-state index contributed by atoms with van der Waals surface area (Å²) in [4.78, 5) is 23.5. The fourth-order valence-corrected chi connectivity index (χ4v) is 1.78. The standard InChI is InChI=1S/C16H24N2O5/c1-11(2)23-9-5-8-17-15(19)16(20)18-12-6-7-13(21-3)14(10-12)22-4/h6-7,10-11H,5,8-9H2,1-4H3,(H,17,19)(H,18,20). The molecule has 0 heterocycles. The largest absolute Gasteiger partial charge is 0.493 e. The number of carbonyl (C=O) groups excluding carboxylic acids is 2. The van der Waals surface area contributed by atoms with Crippen molar-refractivity contribution in [3.63, 3.8) is 0 Å². The number of rotatable bonds is 8. The van der Waals surface area contributed by atoms with Gasteiger partial charge in [-0.05, 0) is 32.4 Å². The van der Waals surface area contributed by atoms with E-state index in [0.29, 0.717) is 36.8 Å². The van der Waals surface area contributed by atoms with Crippen LogP contribution >= 0.6 is 0 Å². The summed E-state index contributed by atoms with van der Waals surface area (Å²) in [5.74, 6) is -0.414. The van der Waals surface area contributed by atoms with Crippen molar-refractivity contribution in [3.8, 4) is 11.5 Å². The highest BCUT2D eigenvalue weighted by Crippen LogP contribution is 2.29. The van der Waals surface area contributed by atoms with Gasteiger partial charge in [-0.2, -0.15) is 0 Å². The summed E-state index contributed by atoms with van der Waals surface area (Å²) < 4.78 is 15.6. The molecule has 0 aromatic heterocycles. The number of methoxy groups -OCH3 is 2. The van der Waals surface area contributed by atoms with Gasteiger partial charge in [0.05, 0.1) is 20.3 Å². The van der Waals surface area contributed by atoms with Gasteiger partial charge in [0.15, 0.2) is 11.5 Å². The molecule has 0 aliphatic heterocycles. The van der Waals surface area contributed by atoms with Gasteiger partial charge in [0.25, 0.3) is 0 Å². The van der Waals surface area contributed by atoms with E-state index in [2.05, 4.69) is 10.6 Å². The number of anilines is 1. The van der Waals surface area contributed by atoms with Crippen molar-refractivity contribution in [3.05, 3.63) is 18.2 Å². The van der Waals surface area contributed by atoms with Crippen molar-refractivity contribution in [2.45, 2.75) is 26.4 Å². The van der Waals surface area contributed by atoms with Crippen molar-refractivity contribution in [1.82, 2.24) is 5.32 Å². The lowest BCUT2D eigenvalue weighted by atomic mass is 10.2. The molecule has 1 rings (SSSR count). The van der Waals surface area contributed by atoms with Gasteiger partial charge < -0.3 is 24.8 Å². The second kappa shape index (κ2) is 9.68. The zero-order valence-corrected chi connectivity index (χ0v) is 14.0. The van der Waals surface area contributed by atoms with Crippen LogP contribution in [0.2, 0.25) is 0 Å². The minimum Gasteiger partial charge on any atom is -0.493 e. The predicted molar refractivity (Wildman–Crippen MR) is 86.9 cm³/mol. The van der Waals surface area contributed by atoms with Crippen molar-refractivity contribution in [2.24, 2.45) is 0 Å². The lowest BCUT2D eigenvalue weighted by Gasteiger charge is -2.11. The summed E-state index contributed by atoms with van der Waals surface area (Å²) in [5, 5.41) is 5.05. The van der Waals surface area contributed by atoms with E-state index in [4.69, 9.17) is 14.2 Å². The number of hydrogen-bond acceptors (Lipinski definition) is 5. The predicted octanol–water partition coefficient (Wildman–Crippen LogP) is 1.57. The first kappa shape index (κ1) is 18.8. The van der Waals surface area contributed by atoms with Crippen LogP contribution in [0, 0.1) is 0 Å². The average Bonchev–Trinajstić information content (AvgIpc) is 2.53. The first-order valence-corrected chi connectivity index (χ1v) is 7.40. The van der Waals surface area contributed by atoms with Crippen LogP contribution in [0.1, 0.15) is 20.3 Å². The summed E-state index contributed by atoms with van der Waals surface area (Å²) in [6, 6.07) is 4.86. The van der Waals surface area contributed by atoms with Gasteiger partial charge in [0.1, 0.15) is 0 Å². The molecular formula is C16H24N2O5. The molecule has 0 aliphatic rings. The van der Waals surface area contributed by atoms with Crippen LogP contribution in [-0.2, 0) is 14.3 Å². The molecule has 2 amide bonds. The van der Waals surface area contributed by atoms with Gasteiger partial charge in [-0.25, -0.2) is 0 Å². The fourth-order valence-electron chi connectivity index (χ4n) is 1.78. The molecule has 128 valence electrons. The highest BCUT2D eigenvalue weighted by atomic mass is 16.5. The Morgan fingerprint density at radius 2 is 1.78 bits per heavy atom. The molecule has 2 N–H and O–H groups in total. The first-order valence-electron chi connectivity index (χ1n) is 7.40. The summed E-state index contributed by atoms with van der Waals surface area (Å²) in [5.41, 5.74) is 0.450. The Hall–Kier alpha value is -2.28. The molecular weight excluding hydrogens is 300 g/mol. The maximum absolute atomic E-state index is 11.8. The van der Waals surface area contributed by atoms with E-state index in [1.54, 1.807) is 18.2 Å². The molecule has 0 spiro atoms. The molecule has 0 bridgehead atoms. The smallest absolute Gasteiger partial charge is 0.313 e. The lowest BCUT2D eigenvalue weighted by molar-refractivity contribution is -0.136. The van der Waals surface area contributed by atoms with E-state index in [9.17, 15) is 9.59 Å². The van der Waals surface area contributed by atoms with E-state index >= 15 is 0 Å². The highest BCUT2D eigenvalue weighted by Gasteiger charge is 2.14. The van der Waals surface area contributed by atoms with Gasteiger partial charge in [0, 0.05) is 24.9 Å². The number of hydrogen-bond donors (Lipinski definition) is 2. The van der Waals surface area contributed by atoms with Crippen LogP contribution in [0.4, 0.5) is 5.69 Å². The summed E-state index contributed by atoms with van der Waals surface area (Å²) in [7, 11) is 3.02. The Labute approximate surface area is 136 Å². The number of nitrogens with one attached hydrogen (secondary N) is 2. The number of carbonyl (C=O) groups is 2. The zero-order chi connectivity index (χ0) is 17.2. The molecule has 0 aliphatic carbocycles.